The zero-order valence-corrected chi connectivity index (χ0v) is 11.0. The summed E-state index contributed by atoms with van der Waals surface area (Å²) in [6, 6.07) is 3.07. The lowest BCUT2D eigenvalue weighted by Crippen LogP contribution is -2.41. The SMILES string of the molecule is Cc1cc(=O)cc(B2OC(C)(C)C(C)(C)O2)[nH]1. The van der Waals surface area contributed by atoms with Gasteiger partial charge in [0.15, 0.2) is 5.43 Å². The second-order valence-electron chi connectivity index (χ2n) is 5.54. The number of aromatic nitrogens is 1. The molecule has 2 heterocycles. The van der Waals surface area contributed by atoms with Crippen molar-refractivity contribution < 1.29 is 9.31 Å². The Bertz CT molecular complexity index is 477. The smallest absolute Gasteiger partial charge is 0.398 e. The highest BCUT2D eigenvalue weighted by molar-refractivity contribution is 6.61. The molecule has 92 valence electrons. The number of aryl methyl sites for hydroxylation is 1. The van der Waals surface area contributed by atoms with Crippen molar-refractivity contribution >= 4 is 12.7 Å². The molecule has 17 heavy (non-hydrogen) atoms. The van der Waals surface area contributed by atoms with Gasteiger partial charge in [-0.25, -0.2) is 0 Å². The van der Waals surface area contributed by atoms with E-state index in [1.807, 2.05) is 34.6 Å². The van der Waals surface area contributed by atoms with Crippen LogP contribution < -0.4 is 11.0 Å². The summed E-state index contributed by atoms with van der Waals surface area (Å²) in [7, 11) is -0.507. The highest BCUT2D eigenvalue weighted by Crippen LogP contribution is 2.36. The molecule has 0 bridgehead atoms. The molecule has 0 amide bonds. The minimum Gasteiger partial charge on any atom is -0.398 e. The Hall–Kier alpha value is -1.07. The molecule has 2 rings (SSSR count). The highest BCUT2D eigenvalue weighted by atomic mass is 16.7. The fourth-order valence-corrected chi connectivity index (χ4v) is 1.81. The van der Waals surface area contributed by atoms with Gasteiger partial charge >= 0.3 is 7.12 Å². The van der Waals surface area contributed by atoms with Crippen LogP contribution in [0.4, 0.5) is 0 Å². The molecule has 5 heteroatoms. The lowest BCUT2D eigenvalue weighted by molar-refractivity contribution is 0.00578. The monoisotopic (exact) mass is 235 g/mol. The van der Waals surface area contributed by atoms with Crippen LogP contribution in [-0.2, 0) is 9.31 Å². The van der Waals surface area contributed by atoms with Gasteiger partial charge in [-0.2, -0.15) is 0 Å². The number of H-pyrrole nitrogens is 1. The molecule has 0 spiro atoms. The molecule has 1 aromatic heterocycles. The molecule has 1 fully saturated rings. The van der Waals surface area contributed by atoms with E-state index in [-0.39, 0.29) is 5.43 Å². The minimum absolute atomic E-state index is 0.0361. The van der Waals surface area contributed by atoms with E-state index in [2.05, 4.69) is 4.98 Å². The molecule has 0 atom stereocenters. The van der Waals surface area contributed by atoms with Crippen LogP contribution in [-0.4, -0.2) is 23.3 Å². The predicted molar refractivity (Wildman–Crippen MR) is 67.5 cm³/mol. The van der Waals surface area contributed by atoms with Crippen LogP contribution >= 0.6 is 0 Å². The first-order valence-corrected chi connectivity index (χ1v) is 5.78. The van der Waals surface area contributed by atoms with E-state index in [4.69, 9.17) is 9.31 Å². The molecule has 0 radical (unpaired) electrons. The van der Waals surface area contributed by atoms with Crippen LogP contribution in [0.2, 0.25) is 0 Å². The maximum absolute atomic E-state index is 11.5. The summed E-state index contributed by atoms with van der Waals surface area (Å²) >= 11 is 0. The quantitative estimate of drug-likeness (QED) is 0.738. The Morgan fingerprint density at radius 3 is 2.12 bits per heavy atom. The predicted octanol–water partition coefficient (Wildman–Crippen LogP) is 0.983. The number of pyridine rings is 1. The zero-order valence-electron chi connectivity index (χ0n) is 11.0. The standard InChI is InChI=1S/C12H18BNO3/c1-8-6-9(15)7-10(14-8)13-16-11(2,3)12(4,5)17-13/h6-7H,1-5H3,(H,14,15). The Kier molecular flexibility index (Phi) is 2.71. The molecular weight excluding hydrogens is 217 g/mol. The van der Waals surface area contributed by atoms with Crippen molar-refractivity contribution in [3.63, 3.8) is 0 Å². The van der Waals surface area contributed by atoms with Gasteiger partial charge in [0.25, 0.3) is 0 Å². The lowest BCUT2D eigenvalue weighted by atomic mass is 9.84. The van der Waals surface area contributed by atoms with Crippen molar-refractivity contribution in [2.75, 3.05) is 0 Å². The summed E-state index contributed by atoms with van der Waals surface area (Å²) in [5.74, 6) is 0. The van der Waals surface area contributed by atoms with Gasteiger partial charge in [0.1, 0.15) is 0 Å². The summed E-state index contributed by atoms with van der Waals surface area (Å²) in [5, 5.41) is 0. The summed E-state index contributed by atoms with van der Waals surface area (Å²) in [6.07, 6.45) is 0. The van der Waals surface area contributed by atoms with Crippen LogP contribution in [0.5, 0.6) is 0 Å². The summed E-state index contributed by atoms with van der Waals surface area (Å²) in [4.78, 5) is 14.6. The summed E-state index contributed by atoms with van der Waals surface area (Å²) in [5.41, 5.74) is 0.665. The number of hydrogen-bond donors (Lipinski definition) is 1. The highest BCUT2D eigenvalue weighted by Gasteiger charge is 2.52. The van der Waals surface area contributed by atoms with Crippen LogP contribution in [0, 0.1) is 6.92 Å². The van der Waals surface area contributed by atoms with E-state index >= 15 is 0 Å². The van der Waals surface area contributed by atoms with Crippen LogP contribution in [0.3, 0.4) is 0 Å². The molecule has 0 unspecified atom stereocenters. The van der Waals surface area contributed by atoms with Gasteiger partial charge in [0.05, 0.1) is 11.2 Å². The van der Waals surface area contributed by atoms with Gasteiger partial charge in [0.2, 0.25) is 0 Å². The summed E-state index contributed by atoms with van der Waals surface area (Å²) in [6.45, 7) is 9.79. The first-order valence-electron chi connectivity index (χ1n) is 5.78. The van der Waals surface area contributed by atoms with Crippen molar-refractivity contribution in [2.45, 2.75) is 45.8 Å². The molecule has 4 nitrogen and oxygen atoms in total. The minimum atomic E-state index is -0.507. The summed E-state index contributed by atoms with van der Waals surface area (Å²) < 4.78 is 11.7. The van der Waals surface area contributed by atoms with Crippen molar-refractivity contribution in [2.24, 2.45) is 0 Å². The van der Waals surface area contributed by atoms with Crippen LogP contribution in [0.15, 0.2) is 16.9 Å². The third-order valence-electron chi connectivity index (χ3n) is 3.51. The maximum Gasteiger partial charge on any atom is 0.512 e. The molecule has 1 aliphatic rings. The molecule has 1 N–H and O–H groups in total. The molecular formula is C12H18BNO3. The van der Waals surface area contributed by atoms with Crippen LogP contribution in [0.25, 0.3) is 0 Å². The van der Waals surface area contributed by atoms with Crippen LogP contribution in [0.1, 0.15) is 33.4 Å². The molecule has 1 aromatic rings. The fourth-order valence-electron chi connectivity index (χ4n) is 1.81. The maximum atomic E-state index is 11.5. The van der Waals surface area contributed by atoms with Crippen molar-refractivity contribution in [1.82, 2.24) is 4.98 Å². The van der Waals surface area contributed by atoms with Gasteiger partial charge < -0.3 is 14.3 Å². The van der Waals surface area contributed by atoms with E-state index in [1.54, 1.807) is 6.07 Å². The third kappa shape index (κ3) is 2.17. The first-order chi connectivity index (χ1) is 7.71. The van der Waals surface area contributed by atoms with E-state index in [9.17, 15) is 4.79 Å². The molecule has 1 aliphatic heterocycles. The van der Waals surface area contributed by atoms with Crippen molar-refractivity contribution in [3.05, 3.63) is 28.0 Å². The molecule has 0 saturated carbocycles. The fraction of sp³-hybridized carbons (Fsp3) is 0.583. The van der Waals surface area contributed by atoms with Gasteiger partial charge in [-0.15, -0.1) is 0 Å². The van der Waals surface area contributed by atoms with Gasteiger partial charge in [-0.1, -0.05) is 0 Å². The topological polar surface area (TPSA) is 51.3 Å². The Morgan fingerprint density at radius 2 is 1.65 bits per heavy atom. The number of rotatable bonds is 1. The number of aromatic amines is 1. The molecule has 0 aliphatic carbocycles. The number of nitrogens with one attached hydrogen (secondary N) is 1. The van der Waals surface area contributed by atoms with E-state index in [0.717, 1.165) is 5.69 Å². The zero-order chi connectivity index (χ0) is 12.8. The average Bonchev–Trinajstić information content (AvgIpc) is 2.34. The second-order valence-corrected chi connectivity index (χ2v) is 5.54. The second kappa shape index (κ2) is 3.72. The van der Waals surface area contributed by atoms with Crippen molar-refractivity contribution in [3.8, 4) is 0 Å². The van der Waals surface area contributed by atoms with Crippen molar-refractivity contribution in [1.29, 1.82) is 0 Å². The Balaban J connectivity index is 2.35. The van der Waals surface area contributed by atoms with E-state index in [0.29, 0.717) is 5.59 Å². The van der Waals surface area contributed by atoms with Gasteiger partial charge in [-0.05, 0) is 34.6 Å². The third-order valence-corrected chi connectivity index (χ3v) is 3.51. The Labute approximate surface area is 101 Å². The average molecular weight is 235 g/mol. The molecule has 1 saturated heterocycles. The van der Waals surface area contributed by atoms with E-state index < -0.39 is 18.3 Å². The lowest BCUT2D eigenvalue weighted by Gasteiger charge is -2.32. The largest absolute Gasteiger partial charge is 0.512 e. The number of hydrogen-bond acceptors (Lipinski definition) is 3. The van der Waals surface area contributed by atoms with Gasteiger partial charge in [-0.3, -0.25) is 4.79 Å². The van der Waals surface area contributed by atoms with Gasteiger partial charge in [0, 0.05) is 23.4 Å². The Morgan fingerprint density at radius 1 is 1.12 bits per heavy atom. The molecule has 0 aromatic carbocycles. The van der Waals surface area contributed by atoms with E-state index in [1.165, 1.54) is 6.07 Å². The first kappa shape index (κ1) is 12.4. The normalized spacial score (nSPS) is 21.8.